The third-order valence-electron chi connectivity index (χ3n) is 5.25. The lowest BCUT2D eigenvalue weighted by atomic mass is 9.87. The van der Waals surface area contributed by atoms with Gasteiger partial charge in [-0.05, 0) is 67.9 Å². The number of anilines is 1. The van der Waals surface area contributed by atoms with E-state index in [1.165, 1.54) is 40.2 Å². The molecule has 3 rings (SSSR count). The summed E-state index contributed by atoms with van der Waals surface area (Å²) in [6, 6.07) is 9.64. The Morgan fingerprint density at radius 3 is 2.67 bits per heavy atom. The molecule has 1 aliphatic carbocycles. The summed E-state index contributed by atoms with van der Waals surface area (Å²) in [6.07, 6.45) is 4.55. The van der Waals surface area contributed by atoms with Crippen molar-refractivity contribution in [2.45, 2.75) is 59.0 Å². The first kappa shape index (κ1) is 19.6. The van der Waals surface area contributed by atoms with Gasteiger partial charge in [0.25, 0.3) is 5.91 Å². The lowest BCUT2D eigenvalue weighted by Gasteiger charge is -2.19. The van der Waals surface area contributed by atoms with Crippen molar-refractivity contribution in [3.05, 3.63) is 51.2 Å². The van der Waals surface area contributed by atoms with Gasteiger partial charge in [-0.25, -0.2) is 4.79 Å². The fourth-order valence-corrected chi connectivity index (χ4v) is 4.48. The van der Waals surface area contributed by atoms with Crippen LogP contribution in [-0.4, -0.2) is 18.0 Å². The van der Waals surface area contributed by atoms with E-state index in [2.05, 4.69) is 19.2 Å². The Labute approximate surface area is 164 Å². The van der Waals surface area contributed by atoms with Gasteiger partial charge in [-0.15, -0.1) is 11.3 Å². The number of esters is 1. The summed E-state index contributed by atoms with van der Waals surface area (Å²) in [6.45, 7) is 5.90. The van der Waals surface area contributed by atoms with Crippen LogP contribution in [0.25, 0.3) is 0 Å². The molecule has 0 saturated heterocycles. The third-order valence-corrected chi connectivity index (χ3v) is 6.46. The summed E-state index contributed by atoms with van der Waals surface area (Å²) in [4.78, 5) is 26.7. The van der Waals surface area contributed by atoms with Gasteiger partial charge in [-0.3, -0.25) is 4.79 Å². The second kappa shape index (κ2) is 8.70. The van der Waals surface area contributed by atoms with Crippen LogP contribution in [0, 0.1) is 5.92 Å². The van der Waals surface area contributed by atoms with Crippen molar-refractivity contribution >= 4 is 28.9 Å². The van der Waals surface area contributed by atoms with Crippen LogP contribution in [0.1, 0.15) is 59.3 Å². The van der Waals surface area contributed by atoms with E-state index in [0.717, 1.165) is 19.3 Å². The van der Waals surface area contributed by atoms with Gasteiger partial charge in [0, 0.05) is 10.6 Å². The van der Waals surface area contributed by atoms with Crippen LogP contribution in [-0.2, 0) is 28.8 Å². The Kier molecular flexibility index (Phi) is 6.32. The number of benzene rings is 1. The lowest BCUT2D eigenvalue weighted by Crippen LogP contribution is -2.29. The first-order valence-corrected chi connectivity index (χ1v) is 10.5. The van der Waals surface area contributed by atoms with Gasteiger partial charge in [0.2, 0.25) is 0 Å². The van der Waals surface area contributed by atoms with Crippen molar-refractivity contribution in [2.24, 2.45) is 5.92 Å². The van der Waals surface area contributed by atoms with Crippen LogP contribution in [0.5, 0.6) is 0 Å². The molecule has 0 fully saturated rings. The van der Waals surface area contributed by atoms with Gasteiger partial charge >= 0.3 is 5.97 Å². The molecule has 1 amide bonds. The molecule has 0 aliphatic heterocycles. The molecular weight excluding hydrogens is 358 g/mol. The minimum atomic E-state index is -0.842. The minimum Gasteiger partial charge on any atom is -0.448 e. The summed E-state index contributed by atoms with van der Waals surface area (Å²) in [5, 5.41) is 2.80. The topological polar surface area (TPSA) is 55.4 Å². The number of rotatable bonds is 6. The molecule has 2 aromatic rings. The number of hydrogen-bond acceptors (Lipinski definition) is 4. The van der Waals surface area contributed by atoms with Crippen molar-refractivity contribution in [1.29, 1.82) is 0 Å². The van der Waals surface area contributed by atoms with E-state index in [1.807, 2.05) is 30.3 Å². The molecular formula is C22H27NO3S. The van der Waals surface area contributed by atoms with Crippen molar-refractivity contribution in [2.75, 3.05) is 5.32 Å². The van der Waals surface area contributed by atoms with E-state index < -0.39 is 12.1 Å². The van der Waals surface area contributed by atoms with Crippen LogP contribution in [0.2, 0.25) is 0 Å². The van der Waals surface area contributed by atoms with Gasteiger partial charge in [-0.1, -0.05) is 32.4 Å². The highest BCUT2D eigenvalue weighted by atomic mass is 32.1. The zero-order valence-electron chi connectivity index (χ0n) is 16.2. The molecule has 1 aromatic carbocycles. The summed E-state index contributed by atoms with van der Waals surface area (Å²) < 4.78 is 5.41. The molecule has 2 atom stereocenters. The molecule has 0 saturated carbocycles. The molecule has 5 heteroatoms. The lowest BCUT2D eigenvalue weighted by molar-refractivity contribution is -0.123. The molecule has 0 spiro atoms. The molecule has 1 heterocycles. The Bertz CT molecular complexity index is 809. The zero-order chi connectivity index (χ0) is 19.4. The Hall–Kier alpha value is -2.14. The van der Waals surface area contributed by atoms with Crippen molar-refractivity contribution < 1.29 is 14.3 Å². The smallest absolute Gasteiger partial charge is 0.349 e. The number of fused-ring (bicyclic) bond motifs is 1. The number of nitrogens with one attached hydrogen (secondary N) is 1. The Morgan fingerprint density at radius 1 is 1.26 bits per heavy atom. The number of carbonyl (C=O) groups excluding carboxylic acids is 2. The Balaban J connectivity index is 1.58. The van der Waals surface area contributed by atoms with Crippen LogP contribution in [0.4, 0.5) is 5.69 Å². The highest BCUT2D eigenvalue weighted by molar-refractivity contribution is 7.14. The van der Waals surface area contributed by atoms with Gasteiger partial charge < -0.3 is 10.1 Å². The minimum absolute atomic E-state index is 0.319. The first-order valence-electron chi connectivity index (χ1n) is 9.72. The van der Waals surface area contributed by atoms with Crippen molar-refractivity contribution in [3.63, 3.8) is 0 Å². The number of ether oxygens (including phenoxy) is 1. The maximum Gasteiger partial charge on any atom is 0.349 e. The molecule has 144 valence electrons. The molecule has 0 bridgehead atoms. The van der Waals surface area contributed by atoms with Crippen molar-refractivity contribution in [3.8, 4) is 0 Å². The van der Waals surface area contributed by atoms with E-state index >= 15 is 0 Å². The average Bonchev–Trinajstić information content (AvgIpc) is 3.11. The standard InChI is InChI=1S/C22H27NO3S/c1-4-15-6-9-18(10-7-15)23-21(24)14(3)26-22(25)20-13-17-12-16(5-2)8-11-19(17)27-20/h6-7,9-10,13-14,16H,4-5,8,11-12H2,1-3H3,(H,23,24)/t14-,16-/m1/s1. The van der Waals surface area contributed by atoms with Crippen LogP contribution < -0.4 is 5.32 Å². The average molecular weight is 386 g/mol. The first-order chi connectivity index (χ1) is 13.0. The van der Waals surface area contributed by atoms with E-state index in [9.17, 15) is 9.59 Å². The predicted octanol–water partition coefficient (Wildman–Crippen LogP) is 5.01. The highest BCUT2D eigenvalue weighted by Gasteiger charge is 2.25. The normalized spacial score (nSPS) is 17.1. The molecule has 1 aliphatic rings. The van der Waals surface area contributed by atoms with E-state index in [-0.39, 0.29) is 5.91 Å². The quantitative estimate of drug-likeness (QED) is 0.711. The SMILES string of the molecule is CCc1ccc(NC(=O)[C@@H](C)OC(=O)c2cc3c(s2)CC[C@@H](CC)C3)cc1. The zero-order valence-corrected chi connectivity index (χ0v) is 17.0. The van der Waals surface area contributed by atoms with E-state index in [0.29, 0.717) is 16.5 Å². The van der Waals surface area contributed by atoms with E-state index in [1.54, 1.807) is 6.92 Å². The Morgan fingerprint density at radius 2 is 2.00 bits per heavy atom. The van der Waals surface area contributed by atoms with Gasteiger partial charge in [-0.2, -0.15) is 0 Å². The van der Waals surface area contributed by atoms with Crippen LogP contribution in [0.15, 0.2) is 30.3 Å². The highest BCUT2D eigenvalue weighted by Crippen LogP contribution is 2.34. The summed E-state index contributed by atoms with van der Waals surface area (Å²) in [7, 11) is 0. The molecule has 1 aromatic heterocycles. The number of amides is 1. The maximum atomic E-state index is 12.5. The number of hydrogen-bond donors (Lipinski definition) is 1. The largest absolute Gasteiger partial charge is 0.448 e. The van der Waals surface area contributed by atoms with Crippen LogP contribution >= 0.6 is 11.3 Å². The van der Waals surface area contributed by atoms with E-state index in [4.69, 9.17) is 4.74 Å². The summed E-state index contributed by atoms with van der Waals surface area (Å²) >= 11 is 1.51. The van der Waals surface area contributed by atoms with Crippen molar-refractivity contribution in [1.82, 2.24) is 0 Å². The molecule has 0 unspecified atom stereocenters. The summed E-state index contributed by atoms with van der Waals surface area (Å²) in [5.41, 5.74) is 3.19. The summed E-state index contributed by atoms with van der Waals surface area (Å²) in [5.74, 6) is -0.0221. The molecule has 4 nitrogen and oxygen atoms in total. The number of aryl methyl sites for hydroxylation is 2. The van der Waals surface area contributed by atoms with Gasteiger partial charge in [0.05, 0.1) is 0 Å². The molecule has 27 heavy (non-hydrogen) atoms. The van der Waals surface area contributed by atoms with Crippen LogP contribution in [0.3, 0.4) is 0 Å². The third kappa shape index (κ3) is 4.78. The monoisotopic (exact) mass is 385 g/mol. The van der Waals surface area contributed by atoms with Gasteiger partial charge in [0.1, 0.15) is 4.88 Å². The second-order valence-electron chi connectivity index (χ2n) is 7.16. The number of carbonyl (C=O) groups is 2. The van der Waals surface area contributed by atoms with Gasteiger partial charge in [0.15, 0.2) is 6.10 Å². The predicted molar refractivity (Wildman–Crippen MR) is 109 cm³/mol. The maximum absolute atomic E-state index is 12.5. The fourth-order valence-electron chi connectivity index (χ4n) is 3.39. The molecule has 0 radical (unpaired) electrons. The number of thiophene rings is 1. The second-order valence-corrected chi connectivity index (χ2v) is 8.30. The molecule has 1 N–H and O–H groups in total. The fraction of sp³-hybridized carbons (Fsp3) is 0.455.